The van der Waals surface area contributed by atoms with Crippen LogP contribution < -0.4 is 10.6 Å². The van der Waals surface area contributed by atoms with Gasteiger partial charge in [-0.3, -0.25) is 9.20 Å². The second-order valence-corrected chi connectivity index (χ2v) is 9.72. The maximum atomic E-state index is 12.1. The van der Waals surface area contributed by atoms with E-state index in [0.29, 0.717) is 16.7 Å². The highest BCUT2D eigenvalue weighted by atomic mass is 32.2. The molecule has 0 aromatic carbocycles. The molecule has 0 radical (unpaired) electrons. The lowest BCUT2D eigenvalue weighted by Crippen LogP contribution is -2.51. The highest BCUT2D eigenvalue weighted by molar-refractivity contribution is 7.85. The molecule has 3 unspecified atom stereocenters. The lowest BCUT2D eigenvalue weighted by molar-refractivity contribution is 0.105. The minimum Gasteiger partial charge on any atom is -0.356 e. The predicted molar refractivity (Wildman–Crippen MR) is 98.2 cm³/mol. The maximum absolute atomic E-state index is 12.1. The Morgan fingerprint density at radius 3 is 2.57 bits per heavy atom. The normalized spacial score (nSPS) is 32.0. The molecule has 0 bridgehead atoms. The topological polar surface area (TPSA) is 53.5 Å². The molecule has 0 saturated heterocycles. The highest BCUT2D eigenvalue weighted by Crippen LogP contribution is 2.56. The summed E-state index contributed by atoms with van der Waals surface area (Å²) in [6, 6.07) is 0.425. The van der Waals surface area contributed by atoms with Crippen molar-refractivity contribution in [2.75, 3.05) is 19.3 Å². The Bertz CT molecular complexity index is 457. The second kappa shape index (κ2) is 7.54. The Balaban J connectivity index is 1.48. The number of hydrogen-bond donors (Lipinski definition) is 2. The summed E-state index contributed by atoms with van der Waals surface area (Å²) in [7, 11) is 1.21. The summed E-state index contributed by atoms with van der Waals surface area (Å²) in [6.45, 7) is 3.11. The summed E-state index contributed by atoms with van der Waals surface area (Å²) in [5, 5.41) is 7.57. The summed E-state index contributed by atoms with van der Waals surface area (Å²) >= 11 is 0. The largest absolute Gasteiger partial charge is 0.356 e. The zero-order chi connectivity index (χ0) is 16.3. The van der Waals surface area contributed by atoms with E-state index in [9.17, 15) is 4.21 Å². The standard InChI is InChI=1S/C18H33N3OS/c1-3-23(22)16-7-4-6-15(12-16)21-17(19-2)20-13-18(10-5-11-18)14-8-9-14/h14-16H,3-13H2,1-2H3,(H2,19,20,21). The van der Waals surface area contributed by atoms with Crippen LogP contribution in [0.1, 0.15) is 64.7 Å². The number of nitrogens with one attached hydrogen (secondary N) is 2. The number of hydrogen-bond acceptors (Lipinski definition) is 2. The first-order chi connectivity index (χ1) is 11.2. The van der Waals surface area contributed by atoms with Gasteiger partial charge in [-0.25, -0.2) is 0 Å². The molecule has 132 valence electrons. The van der Waals surface area contributed by atoms with Gasteiger partial charge >= 0.3 is 0 Å². The van der Waals surface area contributed by atoms with E-state index in [1.54, 1.807) is 0 Å². The molecule has 0 heterocycles. The molecule has 3 fully saturated rings. The molecule has 23 heavy (non-hydrogen) atoms. The molecule has 3 aliphatic rings. The van der Waals surface area contributed by atoms with Crippen LogP contribution in [0.4, 0.5) is 0 Å². The molecule has 3 aliphatic carbocycles. The zero-order valence-corrected chi connectivity index (χ0v) is 15.6. The van der Waals surface area contributed by atoms with E-state index in [1.165, 1.54) is 44.9 Å². The van der Waals surface area contributed by atoms with Crippen LogP contribution in [0.2, 0.25) is 0 Å². The van der Waals surface area contributed by atoms with Gasteiger partial charge < -0.3 is 10.6 Å². The lowest BCUT2D eigenvalue weighted by Gasteiger charge is -2.43. The smallest absolute Gasteiger partial charge is 0.191 e. The van der Waals surface area contributed by atoms with Crippen LogP contribution in [0, 0.1) is 11.3 Å². The van der Waals surface area contributed by atoms with Crippen LogP contribution in [0.15, 0.2) is 4.99 Å². The van der Waals surface area contributed by atoms with Crippen molar-refractivity contribution in [3.63, 3.8) is 0 Å². The van der Waals surface area contributed by atoms with E-state index in [-0.39, 0.29) is 0 Å². The average Bonchev–Trinajstić information content (AvgIpc) is 3.37. The van der Waals surface area contributed by atoms with Crippen molar-refractivity contribution >= 4 is 16.8 Å². The molecule has 5 heteroatoms. The van der Waals surface area contributed by atoms with Gasteiger partial charge in [0.25, 0.3) is 0 Å². The molecule has 0 aromatic heterocycles. The Hall–Kier alpha value is -0.580. The molecule has 2 N–H and O–H groups in total. The van der Waals surface area contributed by atoms with Gasteiger partial charge in [0.1, 0.15) is 0 Å². The molecule has 0 amide bonds. The Morgan fingerprint density at radius 1 is 1.22 bits per heavy atom. The van der Waals surface area contributed by atoms with Crippen molar-refractivity contribution in [3.05, 3.63) is 0 Å². The van der Waals surface area contributed by atoms with E-state index in [1.807, 2.05) is 14.0 Å². The van der Waals surface area contributed by atoms with Gasteiger partial charge in [0, 0.05) is 41.4 Å². The maximum Gasteiger partial charge on any atom is 0.191 e. The third-order valence-corrected chi connectivity index (χ3v) is 7.99. The first-order valence-electron chi connectivity index (χ1n) is 9.51. The van der Waals surface area contributed by atoms with Crippen molar-refractivity contribution in [3.8, 4) is 0 Å². The van der Waals surface area contributed by atoms with Crippen LogP contribution in [0.25, 0.3) is 0 Å². The number of aliphatic imine (C=N–C) groups is 1. The Labute approximate surface area is 143 Å². The van der Waals surface area contributed by atoms with Gasteiger partial charge in [-0.15, -0.1) is 0 Å². The van der Waals surface area contributed by atoms with Crippen LogP contribution in [0.3, 0.4) is 0 Å². The molecule has 0 spiro atoms. The van der Waals surface area contributed by atoms with Crippen molar-refractivity contribution < 1.29 is 4.21 Å². The SMILES string of the molecule is CCS(=O)C1CCCC(NC(=NC)NCC2(C3CC3)CCC2)C1. The lowest BCUT2D eigenvalue weighted by atomic mass is 9.65. The van der Waals surface area contributed by atoms with Crippen molar-refractivity contribution in [2.45, 2.75) is 76.0 Å². The van der Waals surface area contributed by atoms with Crippen molar-refractivity contribution in [1.29, 1.82) is 0 Å². The minimum absolute atomic E-state index is 0.369. The quantitative estimate of drug-likeness (QED) is 0.578. The fraction of sp³-hybridized carbons (Fsp3) is 0.944. The van der Waals surface area contributed by atoms with Crippen molar-refractivity contribution in [1.82, 2.24) is 10.6 Å². The number of guanidine groups is 1. The second-order valence-electron chi connectivity index (χ2n) is 7.72. The molecule has 3 rings (SSSR count). The third-order valence-electron chi connectivity index (χ3n) is 6.25. The van der Waals surface area contributed by atoms with Gasteiger partial charge in [0.2, 0.25) is 0 Å². The number of rotatable bonds is 6. The van der Waals surface area contributed by atoms with Gasteiger partial charge in [0.15, 0.2) is 5.96 Å². The van der Waals surface area contributed by atoms with Gasteiger partial charge in [-0.2, -0.15) is 0 Å². The van der Waals surface area contributed by atoms with E-state index in [2.05, 4.69) is 15.6 Å². The summed E-state index contributed by atoms with van der Waals surface area (Å²) in [5.41, 5.74) is 0.566. The Kier molecular flexibility index (Phi) is 5.65. The summed E-state index contributed by atoms with van der Waals surface area (Å²) in [5.74, 6) is 2.70. The highest BCUT2D eigenvalue weighted by Gasteiger charge is 2.48. The molecular formula is C18H33N3OS. The van der Waals surface area contributed by atoms with Gasteiger partial charge in [0.05, 0.1) is 0 Å². The van der Waals surface area contributed by atoms with Crippen molar-refractivity contribution in [2.24, 2.45) is 16.3 Å². The number of nitrogens with zero attached hydrogens (tertiary/aromatic N) is 1. The molecule has 3 saturated carbocycles. The van der Waals surface area contributed by atoms with E-state index >= 15 is 0 Å². The van der Waals surface area contributed by atoms with Gasteiger partial charge in [-0.1, -0.05) is 19.8 Å². The minimum atomic E-state index is -0.659. The predicted octanol–water partition coefficient (Wildman–Crippen LogP) is 2.81. The molecular weight excluding hydrogens is 306 g/mol. The Morgan fingerprint density at radius 2 is 2.00 bits per heavy atom. The fourth-order valence-corrected chi connectivity index (χ4v) is 5.80. The average molecular weight is 340 g/mol. The van der Waals surface area contributed by atoms with Crippen LogP contribution >= 0.6 is 0 Å². The first kappa shape index (κ1) is 17.2. The van der Waals surface area contributed by atoms with E-state index in [4.69, 9.17) is 0 Å². The van der Waals surface area contributed by atoms with E-state index < -0.39 is 10.8 Å². The van der Waals surface area contributed by atoms with Crippen LogP contribution in [0.5, 0.6) is 0 Å². The monoisotopic (exact) mass is 339 g/mol. The van der Waals surface area contributed by atoms with E-state index in [0.717, 1.165) is 37.0 Å². The van der Waals surface area contributed by atoms with Crippen LogP contribution in [-0.4, -0.2) is 40.8 Å². The summed E-state index contributed by atoms with van der Waals surface area (Å²) in [6.07, 6.45) is 11.5. The van der Waals surface area contributed by atoms with Crippen LogP contribution in [-0.2, 0) is 10.8 Å². The summed E-state index contributed by atoms with van der Waals surface area (Å²) < 4.78 is 12.1. The molecule has 0 aromatic rings. The molecule has 3 atom stereocenters. The molecule has 4 nitrogen and oxygen atoms in total. The first-order valence-corrected chi connectivity index (χ1v) is 10.9. The fourth-order valence-electron chi connectivity index (χ4n) is 4.45. The molecule has 0 aliphatic heterocycles. The zero-order valence-electron chi connectivity index (χ0n) is 14.8. The third kappa shape index (κ3) is 4.09. The van der Waals surface area contributed by atoms with Gasteiger partial charge in [-0.05, 0) is 56.3 Å². The summed E-state index contributed by atoms with van der Waals surface area (Å²) in [4.78, 5) is 4.43.